The van der Waals surface area contributed by atoms with Crippen LogP contribution in [-0.4, -0.2) is 14.5 Å². The van der Waals surface area contributed by atoms with Gasteiger partial charge in [0.2, 0.25) is 0 Å². The Morgan fingerprint density at radius 1 is 1.15 bits per heavy atom. The van der Waals surface area contributed by atoms with Crippen molar-refractivity contribution in [3.8, 4) is 11.3 Å². The van der Waals surface area contributed by atoms with Gasteiger partial charge >= 0.3 is 0 Å². The lowest BCUT2D eigenvalue weighted by Gasteiger charge is -2.29. The topological polar surface area (TPSA) is 42.7 Å². The number of benzene rings is 1. The van der Waals surface area contributed by atoms with Crippen molar-refractivity contribution in [2.24, 2.45) is 18.9 Å². The van der Waals surface area contributed by atoms with Gasteiger partial charge in [0.25, 0.3) is 0 Å². The van der Waals surface area contributed by atoms with E-state index in [9.17, 15) is 0 Å². The third-order valence-corrected chi connectivity index (χ3v) is 6.04. The largest absolute Gasteiger partial charge is 0.344 e. The van der Waals surface area contributed by atoms with Crippen LogP contribution in [0.5, 0.6) is 0 Å². The number of hydrogen-bond donors (Lipinski definition) is 1. The standard InChI is InChI=1S/C23H28N4/c1-4-17-5-7-18(8-6-17)16(2)26-23-12-21-11-19(9-10-20(21)13-25-23)22-14-24-15-27(22)3/h9-15,17-18H,2,4-8H2,1,3H3,(H,25,26). The molecule has 0 saturated heterocycles. The SMILES string of the molecule is C=C(Nc1cc2cc(-c3cncn3C)ccc2cn1)C1CCC(CC)CC1. The van der Waals surface area contributed by atoms with Gasteiger partial charge in [-0.3, -0.25) is 0 Å². The lowest BCUT2D eigenvalue weighted by Crippen LogP contribution is -2.19. The smallest absolute Gasteiger partial charge is 0.130 e. The van der Waals surface area contributed by atoms with Crippen LogP contribution in [0.2, 0.25) is 0 Å². The highest BCUT2D eigenvalue weighted by molar-refractivity contribution is 5.88. The van der Waals surface area contributed by atoms with Crippen LogP contribution in [0, 0.1) is 11.8 Å². The summed E-state index contributed by atoms with van der Waals surface area (Å²) < 4.78 is 2.04. The quantitative estimate of drug-likeness (QED) is 0.627. The number of fused-ring (bicyclic) bond motifs is 1. The zero-order valence-corrected chi connectivity index (χ0v) is 16.3. The molecule has 1 N–H and O–H groups in total. The minimum absolute atomic E-state index is 0.561. The van der Waals surface area contributed by atoms with Gasteiger partial charge < -0.3 is 9.88 Å². The third kappa shape index (κ3) is 3.75. The molecule has 1 aliphatic carbocycles. The van der Waals surface area contributed by atoms with E-state index in [0.717, 1.165) is 34.1 Å². The molecule has 0 spiro atoms. The lowest BCUT2D eigenvalue weighted by atomic mass is 9.79. The average molecular weight is 361 g/mol. The van der Waals surface area contributed by atoms with Crippen LogP contribution in [0.15, 0.2) is 55.3 Å². The van der Waals surface area contributed by atoms with Crippen LogP contribution in [0.25, 0.3) is 22.0 Å². The first-order valence-corrected chi connectivity index (χ1v) is 9.96. The normalized spacial score (nSPS) is 19.9. The number of rotatable bonds is 5. The Bertz CT molecular complexity index is 948. The summed E-state index contributed by atoms with van der Waals surface area (Å²) in [6.07, 6.45) is 12.1. The minimum Gasteiger partial charge on any atom is -0.344 e. The van der Waals surface area contributed by atoms with Crippen molar-refractivity contribution in [3.05, 3.63) is 55.3 Å². The average Bonchev–Trinajstić information content (AvgIpc) is 3.13. The van der Waals surface area contributed by atoms with E-state index in [4.69, 9.17) is 0 Å². The molecule has 1 aromatic carbocycles. The fourth-order valence-corrected chi connectivity index (χ4v) is 4.19. The second-order valence-corrected chi connectivity index (χ2v) is 7.80. The van der Waals surface area contributed by atoms with Crippen molar-refractivity contribution in [3.63, 3.8) is 0 Å². The first kappa shape index (κ1) is 17.8. The van der Waals surface area contributed by atoms with Gasteiger partial charge in [0, 0.05) is 29.9 Å². The summed E-state index contributed by atoms with van der Waals surface area (Å²) in [7, 11) is 2.02. The molecule has 140 valence electrons. The predicted molar refractivity (Wildman–Crippen MR) is 112 cm³/mol. The maximum atomic E-state index is 4.59. The van der Waals surface area contributed by atoms with Crippen molar-refractivity contribution >= 4 is 16.6 Å². The molecule has 4 nitrogen and oxygen atoms in total. The number of anilines is 1. The Morgan fingerprint density at radius 2 is 1.96 bits per heavy atom. The molecular weight excluding hydrogens is 332 g/mol. The lowest BCUT2D eigenvalue weighted by molar-refractivity contribution is 0.296. The van der Waals surface area contributed by atoms with Gasteiger partial charge in [-0.15, -0.1) is 0 Å². The Kier molecular flexibility index (Phi) is 4.97. The summed E-state index contributed by atoms with van der Waals surface area (Å²) in [5.41, 5.74) is 3.39. The number of hydrogen-bond acceptors (Lipinski definition) is 3. The first-order valence-electron chi connectivity index (χ1n) is 9.96. The van der Waals surface area contributed by atoms with E-state index in [1.54, 1.807) is 0 Å². The maximum absolute atomic E-state index is 4.59. The molecular formula is C23H28N4. The molecule has 1 fully saturated rings. The van der Waals surface area contributed by atoms with E-state index in [-0.39, 0.29) is 0 Å². The van der Waals surface area contributed by atoms with E-state index in [1.165, 1.54) is 37.5 Å². The maximum Gasteiger partial charge on any atom is 0.130 e. The summed E-state index contributed by atoms with van der Waals surface area (Å²) in [4.78, 5) is 8.82. The molecule has 0 radical (unpaired) electrons. The van der Waals surface area contributed by atoms with Gasteiger partial charge in [0.1, 0.15) is 5.82 Å². The van der Waals surface area contributed by atoms with E-state index < -0.39 is 0 Å². The number of nitrogens with zero attached hydrogens (tertiary/aromatic N) is 3. The second kappa shape index (κ2) is 7.55. The monoisotopic (exact) mass is 360 g/mol. The van der Waals surface area contributed by atoms with Gasteiger partial charge in [-0.1, -0.05) is 32.1 Å². The van der Waals surface area contributed by atoms with Gasteiger partial charge in [-0.2, -0.15) is 0 Å². The summed E-state index contributed by atoms with van der Waals surface area (Å²) in [5.74, 6) is 2.34. The molecule has 0 bridgehead atoms. The number of nitrogens with one attached hydrogen (secondary N) is 1. The number of imidazole rings is 1. The number of pyridine rings is 1. The van der Waals surface area contributed by atoms with Gasteiger partial charge in [0.05, 0.1) is 18.2 Å². The molecule has 27 heavy (non-hydrogen) atoms. The van der Waals surface area contributed by atoms with Crippen molar-refractivity contribution in [1.29, 1.82) is 0 Å². The fraction of sp³-hybridized carbons (Fsp3) is 0.391. The summed E-state index contributed by atoms with van der Waals surface area (Å²) in [6, 6.07) is 8.57. The number of allylic oxidation sites excluding steroid dienone is 1. The molecule has 0 unspecified atom stereocenters. The molecule has 2 heterocycles. The van der Waals surface area contributed by atoms with Crippen LogP contribution >= 0.6 is 0 Å². The zero-order chi connectivity index (χ0) is 18.8. The molecule has 0 amide bonds. The van der Waals surface area contributed by atoms with Gasteiger partial charge in [-0.05, 0) is 55.0 Å². The molecule has 0 atom stereocenters. The minimum atomic E-state index is 0.561. The first-order chi connectivity index (χ1) is 13.1. The highest BCUT2D eigenvalue weighted by atomic mass is 15.0. The van der Waals surface area contributed by atoms with Crippen LogP contribution in [0.1, 0.15) is 39.0 Å². The van der Waals surface area contributed by atoms with Gasteiger partial charge in [-0.25, -0.2) is 9.97 Å². The van der Waals surface area contributed by atoms with Crippen LogP contribution in [0.4, 0.5) is 5.82 Å². The van der Waals surface area contributed by atoms with Gasteiger partial charge in [0.15, 0.2) is 0 Å². The number of aromatic nitrogens is 3. The summed E-state index contributed by atoms with van der Waals surface area (Å²) in [6.45, 7) is 6.61. The Morgan fingerprint density at radius 3 is 2.67 bits per heavy atom. The summed E-state index contributed by atoms with van der Waals surface area (Å²) in [5, 5.41) is 5.79. The fourth-order valence-electron chi connectivity index (χ4n) is 4.19. The van der Waals surface area contributed by atoms with Crippen molar-refractivity contribution in [2.75, 3.05) is 5.32 Å². The zero-order valence-electron chi connectivity index (χ0n) is 16.3. The molecule has 1 aliphatic rings. The van der Waals surface area contributed by atoms with E-state index >= 15 is 0 Å². The van der Waals surface area contributed by atoms with Crippen molar-refractivity contribution in [1.82, 2.24) is 14.5 Å². The molecule has 1 saturated carbocycles. The van der Waals surface area contributed by atoms with E-state index in [1.807, 2.05) is 30.3 Å². The number of aryl methyl sites for hydroxylation is 1. The molecule has 0 aliphatic heterocycles. The second-order valence-electron chi connectivity index (χ2n) is 7.80. The Balaban J connectivity index is 1.52. The highest BCUT2D eigenvalue weighted by Gasteiger charge is 2.22. The van der Waals surface area contributed by atoms with Crippen LogP contribution in [0.3, 0.4) is 0 Å². The molecule has 4 heteroatoms. The Labute approximate surface area is 161 Å². The Hall–Kier alpha value is -2.62. The van der Waals surface area contributed by atoms with Crippen molar-refractivity contribution in [2.45, 2.75) is 39.0 Å². The summed E-state index contributed by atoms with van der Waals surface area (Å²) >= 11 is 0. The van der Waals surface area contributed by atoms with Crippen molar-refractivity contribution < 1.29 is 0 Å². The molecule has 3 aromatic rings. The highest BCUT2D eigenvalue weighted by Crippen LogP contribution is 2.34. The molecule has 4 rings (SSSR count). The third-order valence-electron chi connectivity index (χ3n) is 6.04. The van der Waals surface area contributed by atoms with Crippen LogP contribution in [-0.2, 0) is 7.05 Å². The van der Waals surface area contributed by atoms with E-state index in [0.29, 0.717) is 5.92 Å². The predicted octanol–water partition coefficient (Wildman–Crippen LogP) is 5.78. The molecule has 2 aromatic heterocycles. The van der Waals surface area contributed by atoms with E-state index in [2.05, 4.69) is 53.1 Å². The van der Waals surface area contributed by atoms with Crippen LogP contribution < -0.4 is 5.32 Å².